The van der Waals surface area contributed by atoms with E-state index in [1.807, 2.05) is 72.0 Å². The third-order valence-corrected chi connectivity index (χ3v) is 17.6. The Bertz CT molecular complexity index is 5290. The van der Waals surface area contributed by atoms with Crippen LogP contribution in [0.1, 0.15) is 0 Å². The van der Waals surface area contributed by atoms with Crippen molar-refractivity contribution in [2.45, 2.75) is 0 Å². The Balaban J connectivity index is 0.000000132. The third-order valence-electron chi connectivity index (χ3n) is 16.4. The first-order chi connectivity index (χ1) is 41.6. The van der Waals surface area contributed by atoms with E-state index in [9.17, 15) is 0 Å². The third kappa shape index (κ3) is 7.80. The molecule has 0 aliphatic heterocycles. The van der Waals surface area contributed by atoms with Crippen molar-refractivity contribution in [3.63, 3.8) is 0 Å². The highest BCUT2D eigenvalue weighted by Gasteiger charge is 2.21. The van der Waals surface area contributed by atoms with E-state index in [0.717, 1.165) is 106 Å². The highest BCUT2D eigenvalue weighted by atomic mass is 32.1. The fourth-order valence-electron chi connectivity index (χ4n) is 12.5. The van der Waals surface area contributed by atoms with E-state index in [1.54, 1.807) is 0 Å². The Hall–Kier alpha value is -11.1. The summed E-state index contributed by atoms with van der Waals surface area (Å²) in [5.74, 6) is 3.21. The van der Waals surface area contributed by atoms with Gasteiger partial charge in [-0.1, -0.05) is 182 Å². The molecular formula is C76H46N6OS. The fraction of sp³-hybridized carbons (Fsp3) is 0. The molecule has 0 fully saturated rings. The van der Waals surface area contributed by atoms with Crippen molar-refractivity contribution in [1.82, 2.24) is 29.1 Å². The average molecular weight is 1090 g/mol. The summed E-state index contributed by atoms with van der Waals surface area (Å²) in [6.45, 7) is 0. The van der Waals surface area contributed by atoms with Crippen molar-refractivity contribution in [2.24, 2.45) is 0 Å². The van der Waals surface area contributed by atoms with E-state index in [-0.39, 0.29) is 0 Å². The Kier molecular flexibility index (Phi) is 11.0. The quantitative estimate of drug-likeness (QED) is 0.166. The number of fused-ring (bicyclic) bond motifs is 14. The molecule has 0 bridgehead atoms. The highest BCUT2D eigenvalue weighted by molar-refractivity contribution is 7.25. The monoisotopic (exact) mass is 1090 g/mol. The van der Waals surface area contributed by atoms with E-state index < -0.39 is 0 Å². The van der Waals surface area contributed by atoms with E-state index >= 15 is 0 Å². The maximum Gasteiger partial charge on any atom is 0.162 e. The van der Waals surface area contributed by atoms with Crippen LogP contribution in [0.25, 0.3) is 164 Å². The van der Waals surface area contributed by atoms with Crippen LogP contribution in [0.2, 0.25) is 0 Å². The van der Waals surface area contributed by atoms with Gasteiger partial charge in [0.1, 0.15) is 22.8 Å². The van der Waals surface area contributed by atoms with E-state index in [1.165, 1.54) is 52.8 Å². The lowest BCUT2D eigenvalue weighted by molar-refractivity contribution is 0.669. The van der Waals surface area contributed by atoms with Crippen LogP contribution in [0.3, 0.4) is 0 Å². The SMILES string of the molecule is c1ccc(-c2nc(-n3c4ccccc4c4cc(-c5ccc6oc7ccccc7c6c5)ccc43)c3ccccc3n2)cc1.c1ccc(-c2nc(-n3c4ccccc4c4cc(-c5ccc6sc7ccccc7c6c5)ccc43)c3ccccc3n2)cc1. The van der Waals surface area contributed by atoms with Gasteiger partial charge in [0, 0.05) is 74.4 Å². The van der Waals surface area contributed by atoms with Gasteiger partial charge in [0.15, 0.2) is 11.6 Å². The van der Waals surface area contributed by atoms with Crippen molar-refractivity contribution in [2.75, 3.05) is 0 Å². The smallest absolute Gasteiger partial charge is 0.162 e. The molecule has 7 nitrogen and oxygen atoms in total. The minimum Gasteiger partial charge on any atom is -0.456 e. The molecule has 0 saturated carbocycles. The molecule has 6 aromatic heterocycles. The zero-order chi connectivity index (χ0) is 55.2. The Morgan fingerprint density at radius 3 is 1.21 bits per heavy atom. The molecule has 84 heavy (non-hydrogen) atoms. The second-order valence-corrected chi connectivity index (χ2v) is 22.4. The van der Waals surface area contributed by atoms with Crippen LogP contribution in [0.4, 0.5) is 0 Å². The van der Waals surface area contributed by atoms with Gasteiger partial charge in [0.2, 0.25) is 0 Å². The van der Waals surface area contributed by atoms with Crippen molar-refractivity contribution < 1.29 is 4.42 Å². The molecular weight excluding hydrogens is 1040 g/mol. The summed E-state index contributed by atoms with van der Waals surface area (Å²) in [6, 6.07) is 98.0. The predicted molar refractivity (Wildman–Crippen MR) is 350 cm³/mol. The van der Waals surface area contributed by atoms with Gasteiger partial charge in [0.05, 0.1) is 33.1 Å². The standard InChI is InChI=1S/C38H23N3O.C38H23N3S/c2*1-2-10-24(11-3-1)37-39-32-15-7-4-14-29(32)38(40-37)41-33-16-8-5-12-27(33)30-22-25(18-20-34(30)41)26-19-21-36-31(23-26)28-13-6-9-17-35(28)42-36/h2*1-23H. The maximum absolute atomic E-state index is 6.08. The van der Waals surface area contributed by atoms with Crippen molar-refractivity contribution >= 4 is 119 Å². The molecule has 0 aliphatic carbocycles. The maximum atomic E-state index is 6.08. The molecule has 0 atom stereocenters. The summed E-state index contributed by atoms with van der Waals surface area (Å²) < 4.78 is 13.3. The minimum atomic E-state index is 0.715. The number of aromatic nitrogens is 6. The molecule has 0 aliphatic rings. The molecule has 18 rings (SSSR count). The van der Waals surface area contributed by atoms with Crippen molar-refractivity contribution in [1.29, 1.82) is 0 Å². The van der Waals surface area contributed by atoms with Crippen molar-refractivity contribution in [3.8, 4) is 56.7 Å². The molecule has 18 aromatic rings. The van der Waals surface area contributed by atoms with E-state index in [0.29, 0.717) is 5.82 Å². The first-order valence-corrected chi connectivity index (χ1v) is 29.0. The van der Waals surface area contributed by atoms with Crippen LogP contribution in [0.5, 0.6) is 0 Å². The van der Waals surface area contributed by atoms with Gasteiger partial charge in [0.25, 0.3) is 0 Å². The van der Waals surface area contributed by atoms with Crippen LogP contribution in [-0.4, -0.2) is 29.1 Å². The number of furan rings is 1. The van der Waals surface area contributed by atoms with Crippen molar-refractivity contribution in [3.05, 3.63) is 279 Å². The van der Waals surface area contributed by atoms with Crippen LogP contribution in [-0.2, 0) is 0 Å². The summed E-state index contributed by atoms with van der Waals surface area (Å²) in [7, 11) is 0. The molecule has 0 spiro atoms. The summed E-state index contributed by atoms with van der Waals surface area (Å²) in [5.41, 5.74) is 14.9. The predicted octanol–water partition coefficient (Wildman–Crippen LogP) is 20.4. The number of benzene rings is 12. The van der Waals surface area contributed by atoms with Gasteiger partial charge in [-0.25, -0.2) is 19.9 Å². The van der Waals surface area contributed by atoms with Gasteiger partial charge >= 0.3 is 0 Å². The lowest BCUT2D eigenvalue weighted by Crippen LogP contribution is -2.02. The Morgan fingerprint density at radius 2 is 0.643 bits per heavy atom. The molecule has 12 aromatic carbocycles. The molecule has 8 heteroatoms. The molecule has 0 amide bonds. The second-order valence-electron chi connectivity index (χ2n) is 21.3. The van der Waals surface area contributed by atoms with Gasteiger partial charge in [-0.2, -0.15) is 0 Å². The molecule has 6 heterocycles. The number of rotatable bonds is 6. The molecule has 392 valence electrons. The Morgan fingerprint density at radius 1 is 0.250 bits per heavy atom. The average Bonchev–Trinajstić information content (AvgIpc) is 2.05. The first-order valence-electron chi connectivity index (χ1n) is 28.2. The van der Waals surface area contributed by atoms with E-state index in [2.05, 4.69) is 228 Å². The normalized spacial score (nSPS) is 11.8. The Labute approximate surface area is 485 Å². The first kappa shape index (κ1) is 47.7. The summed E-state index contributed by atoms with van der Waals surface area (Å²) >= 11 is 1.86. The number of hydrogen-bond donors (Lipinski definition) is 0. The van der Waals surface area contributed by atoms with Gasteiger partial charge < -0.3 is 4.42 Å². The molecule has 0 saturated heterocycles. The summed E-state index contributed by atoms with van der Waals surface area (Å²) in [6.07, 6.45) is 0. The highest BCUT2D eigenvalue weighted by Crippen LogP contribution is 2.42. The van der Waals surface area contributed by atoms with Crippen LogP contribution >= 0.6 is 11.3 Å². The van der Waals surface area contributed by atoms with Crippen LogP contribution in [0, 0.1) is 0 Å². The molecule has 0 N–H and O–H groups in total. The lowest BCUT2D eigenvalue weighted by Gasteiger charge is -2.12. The van der Waals surface area contributed by atoms with Gasteiger partial charge in [-0.3, -0.25) is 9.13 Å². The fourth-order valence-corrected chi connectivity index (χ4v) is 13.6. The lowest BCUT2D eigenvalue weighted by atomic mass is 10.0. The molecule has 0 unspecified atom stereocenters. The van der Waals surface area contributed by atoms with Gasteiger partial charge in [-0.15, -0.1) is 11.3 Å². The summed E-state index contributed by atoms with van der Waals surface area (Å²) in [4.78, 5) is 20.3. The van der Waals surface area contributed by atoms with Crippen LogP contribution < -0.4 is 0 Å². The van der Waals surface area contributed by atoms with Gasteiger partial charge in [-0.05, 0) is 119 Å². The number of thiophene rings is 1. The number of nitrogens with zero attached hydrogens (tertiary/aromatic N) is 6. The summed E-state index contributed by atoms with van der Waals surface area (Å²) in [5, 5.41) is 11.7. The second kappa shape index (κ2) is 19.3. The topological polar surface area (TPSA) is 74.6 Å². The number of hydrogen-bond acceptors (Lipinski definition) is 6. The minimum absolute atomic E-state index is 0.715. The number of para-hydroxylation sites is 5. The largest absolute Gasteiger partial charge is 0.456 e. The zero-order valence-corrected chi connectivity index (χ0v) is 45.9. The van der Waals surface area contributed by atoms with Crippen LogP contribution in [0.15, 0.2) is 283 Å². The van der Waals surface area contributed by atoms with E-state index in [4.69, 9.17) is 24.4 Å². The zero-order valence-electron chi connectivity index (χ0n) is 45.1. The molecule has 0 radical (unpaired) electrons.